The van der Waals surface area contributed by atoms with E-state index in [2.05, 4.69) is 18.8 Å². The highest BCUT2D eigenvalue weighted by Crippen LogP contribution is 2.32. The zero-order valence-electron chi connectivity index (χ0n) is 11.5. The lowest BCUT2D eigenvalue weighted by molar-refractivity contribution is 0.0694. The van der Waals surface area contributed by atoms with Gasteiger partial charge in [-0.2, -0.15) is 0 Å². The third-order valence-corrected chi connectivity index (χ3v) is 3.30. The van der Waals surface area contributed by atoms with E-state index in [0.29, 0.717) is 11.7 Å². The first-order valence-corrected chi connectivity index (χ1v) is 6.57. The van der Waals surface area contributed by atoms with Gasteiger partial charge in [0, 0.05) is 6.20 Å². The van der Waals surface area contributed by atoms with Crippen LogP contribution in [0.5, 0.6) is 11.5 Å². The van der Waals surface area contributed by atoms with Crippen LogP contribution in [0.2, 0.25) is 0 Å². The minimum absolute atomic E-state index is 0.110. The summed E-state index contributed by atoms with van der Waals surface area (Å²) in [6, 6.07) is 9.11. The molecular weight excluding hydrogens is 254 g/mol. The molecule has 1 aromatic heterocycles. The number of carboxylic acids is 1. The molecular formula is C16H17NO3. The number of aromatic nitrogens is 1. The molecule has 0 fully saturated rings. The fourth-order valence-corrected chi connectivity index (χ4v) is 1.96. The van der Waals surface area contributed by atoms with Crippen molar-refractivity contribution in [2.45, 2.75) is 26.2 Å². The molecule has 0 bridgehead atoms. The molecule has 0 aliphatic heterocycles. The third kappa shape index (κ3) is 2.96. The summed E-state index contributed by atoms with van der Waals surface area (Å²) >= 11 is 0. The maximum atomic E-state index is 11.2. The number of carboxylic acid groups (broad SMARTS) is 1. The average molecular weight is 271 g/mol. The summed E-state index contributed by atoms with van der Waals surface area (Å²) in [4.78, 5) is 15.1. The molecule has 20 heavy (non-hydrogen) atoms. The molecule has 104 valence electrons. The van der Waals surface area contributed by atoms with Crippen LogP contribution in [-0.2, 0) is 0 Å². The molecule has 4 nitrogen and oxygen atoms in total. The number of hydrogen-bond acceptors (Lipinski definition) is 3. The highest BCUT2D eigenvalue weighted by Gasteiger charge is 2.15. The lowest BCUT2D eigenvalue weighted by Gasteiger charge is -2.16. The Kier molecular flexibility index (Phi) is 4.35. The van der Waals surface area contributed by atoms with Crippen molar-refractivity contribution in [1.29, 1.82) is 0 Å². The van der Waals surface area contributed by atoms with Gasteiger partial charge in [-0.05, 0) is 30.0 Å². The van der Waals surface area contributed by atoms with E-state index >= 15 is 0 Å². The number of aromatic carboxylic acids is 1. The molecule has 0 spiro atoms. The van der Waals surface area contributed by atoms with Gasteiger partial charge in [-0.3, -0.25) is 4.98 Å². The van der Waals surface area contributed by atoms with E-state index < -0.39 is 5.97 Å². The van der Waals surface area contributed by atoms with Crippen molar-refractivity contribution in [2.24, 2.45) is 0 Å². The fourth-order valence-electron chi connectivity index (χ4n) is 1.96. The van der Waals surface area contributed by atoms with Crippen LogP contribution in [0.4, 0.5) is 0 Å². The monoisotopic (exact) mass is 271 g/mol. The van der Waals surface area contributed by atoms with E-state index in [9.17, 15) is 4.79 Å². The van der Waals surface area contributed by atoms with Crippen LogP contribution in [0.3, 0.4) is 0 Å². The Morgan fingerprint density at radius 2 is 2.05 bits per heavy atom. The molecule has 0 aliphatic carbocycles. The van der Waals surface area contributed by atoms with Gasteiger partial charge in [-0.1, -0.05) is 32.0 Å². The van der Waals surface area contributed by atoms with Crippen LogP contribution >= 0.6 is 0 Å². The van der Waals surface area contributed by atoms with Crippen molar-refractivity contribution in [2.75, 3.05) is 0 Å². The number of carbonyl (C=O) groups is 1. The van der Waals surface area contributed by atoms with E-state index in [-0.39, 0.29) is 11.3 Å². The molecule has 4 heteroatoms. The second-order valence-electron chi connectivity index (χ2n) is 4.63. The van der Waals surface area contributed by atoms with Gasteiger partial charge in [-0.25, -0.2) is 4.79 Å². The fraction of sp³-hybridized carbons (Fsp3) is 0.250. The van der Waals surface area contributed by atoms with E-state index in [1.54, 1.807) is 0 Å². The van der Waals surface area contributed by atoms with Gasteiger partial charge in [0.05, 0.1) is 6.20 Å². The lowest BCUT2D eigenvalue weighted by Crippen LogP contribution is -2.02. The Bertz CT molecular complexity index is 610. The molecule has 1 unspecified atom stereocenters. The molecule has 0 amide bonds. The predicted molar refractivity (Wildman–Crippen MR) is 76.4 cm³/mol. The molecule has 1 aromatic carbocycles. The topological polar surface area (TPSA) is 59.4 Å². The standard InChI is InChI=1S/C16H17NO3/c1-3-11(2)12-6-4-5-7-14(12)20-15-10-17-9-8-13(15)16(18)19/h4-11H,3H2,1-2H3,(H,18,19). The SMILES string of the molecule is CCC(C)c1ccccc1Oc1cnccc1C(=O)O. The number of rotatable bonds is 5. The normalized spacial score (nSPS) is 11.9. The van der Waals surface area contributed by atoms with Crippen LogP contribution < -0.4 is 4.74 Å². The molecule has 0 saturated heterocycles. The summed E-state index contributed by atoms with van der Waals surface area (Å²) in [6.45, 7) is 4.22. The minimum Gasteiger partial charge on any atom is -0.478 e. The maximum absolute atomic E-state index is 11.2. The number of benzene rings is 1. The van der Waals surface area contributed by atoms with E-state index in [1.165, 1.54) is 18.5 Å². The van der Waals surface area contributed by atoms with Gasteiger partial charge in [0.15, 0.2) is 5.75 Å². The van der Waals surface area contributed by atoms with Crippen LogP contribution in [0.25, 0.3) is 0 Å². The second-order valence-corrected chi connectivity index (χ2v) is 4.63. The van der Waals surface area contributed by atoms with E-state index in [0.717, 1.165) is 12.0 Å². The minimum atomic E-state index is -1.02. The second kappa shape index (κ2) is 6.19. The van der Waals surface area contributed by atoms with Crippen molar-refractivity contribution in [1.82, 2.24) is 4.98 Å². The number of hydrogen-bond donors (Lipinski definition) is 1. The smallest absolute Gasteiger partial charge is 0.339 e. The average Bonchev–Trinajstić information content (AvgIpc) is 2.47. The van der Waals surface area contributed by atoms with E-state index in [4.69, 9.17) is 9.84 Å². The van der Waals surface area contributed by atoms with Gasteiger partial charge in [0.2, 0.25) is 0 Å². The Hall–Kier alpha value is -2.36. The Balaban J connectivity index is 2.38. The predicted octanol–water partition coefficient (Wildman–Crippen LogP) is 4.09. The third-order valence-electron chi connectivity index (χ3n) is 3.30. The summed E-state index contributed by atoms with van der Waals surface area (Å²) in [5.74, 6) is 0.257. The highest BCUT2D eigenvalue weighted by molar-refractivity contribution is 5.90. The van der Waals surface area contributed by atoms with Crippen molar-refractivity contribution < 1.29 is 14.6 Å². The van der Waals surface area contributed by atoms with Crippen molar-refractivity contribution >= 4 is 5.97 Å². The lowest BCUT2D eigenvalue weighted by atomic mass is 9.98. The summed E-state index contributed by atoms with van der Waals surface area (Å²) in [7, 11) is 0. The summed E-state index contributed by atoms with van der Waals surface area (Å²) < 4.78 is 5.78. The van der Waals surface area contributed by atoms with Gasteiger partial charge in [-0.15, -0.1) is 0 Å². The van der Waals surface area contributed by atoms with E-state index in [1.807, 2.05) is 24.3 Å². The molecule has 1 N–H and O–H groups in total. The van der Waals surface area contributed by atoms with Crippen LogP contribution in [0.15, 0.2) is 42.7 Å². The first kappa shape index (κ1) is 14.1. The number of nitrogens with zero attached hydrogens (tertiary/aromatic N) is 1. The number of ether oxygens (including phenoxy) is 1. The summed E-state index contributed by atoms with van der Waals surface area (Å²) in [5, 5.41) is 9.16. The van der Waals surface area contributed by atoms with Crippen LogP contribution in [-0.4, -0.2) is 16.1 Å². The van der Waals surface area contributed by atoms with Gasteiger partial charge in [0.1, 0.15) is 11.3 Å². The van der Waals surface area contributed by atoms with Crippen LogP contribution in [0.1, 0.15) is 42.1 Å². The molecule has 2 aromatic rings. The first-order chi connectivity index (χ1) is 9.63. The van der Waals surface area contributed by atoms with Gasteiger partial charge < -0.3 is 9.84 Å². The Morgan fingerprint density at radius 3 is 2.75 bits per heavy atom. The maximum Gasteiger partial charge on any atom is 0.339 e. The molecule has 1 heterocycles. The number of pyridine rings is 1. The first-order valence-electron chi connectivity index (χ1n) is 6.57. The van der Waals surface area contributed by atoms with Crippen molar-refractivity contribution in [3.63, 3.8) is 0 Å². The zero-order chi connectivity index (χ0) is 14.5. The van der Waals surface area contributed by atoms with Crippen molar-refractivity contribution in [3.8, 4) is 11.5 Å². The summed E-state index contributed by atoms with van der Waals surface area (Å²) in [6.07, 6.45) is 3.85. The Labute approximate surface area is 118 Å². The highest BCUT2D eigenvalue weighted by atomic mass is 16.5. The van der Waals surface area contributed by atoms with Gasteiger partial charge >= 0.3 is 5.97 Å². The molecule has 0 saturated carbocycles. The number of para-hydroxylation sites is 1. The molecule has 0 radical (unpaired) electrons. The molecule has 2 rings (SSSR count). The Morgan fingerprint density at radius 1 is 1.30 bits per heavy atom. The van der Waals surface area contributed by atoms with Crippen molar-refractivity contribution in [3.05, 3.63) is 53.9 Å². The quantitative estimate of drug-likeness (QED) is 0.890. The summed E-state index contributed by atoms with van der Waals surface area (Å²) in [5.41, 5.74) is 1.18. The molecule has 0 aliphatic rings. The zero-order valence-corrected chi connectivity index (χ0v) is 11.5. The van der Waals surface area contributed by atoms with Crippen LogP contribution in [0, 0.1) is 0 Å². The molecule has 1 atom stereocenters. The largest absolute Gasteiger partial charge is 0.478 e. The van der Waals surface area contributed by atoms with Gasteiger partial charge in [0.25, 0.3) is 0 Å².